The molecule has 0 aliphatic heterocycles. The van der Waals surface area contributed by atoms with E-state index >= 15 is 0 Å². The molecule has 0 saturated carbocycles. The molecule has 0 radical (unpaired) electrons. The van der Waals surface area contributed by atoms with Gasteiger partial charge in [0.2, 0.25) is 0 Å². The van der Waals surface area contributed by atoms with Gasteiger partial charge >= 0.3 is 0 Å². The quantitative estimate of drug-likeness (QED) is 0.158. The molecule has 34 aromatic rings. The predicted molar refractivity (Wildman–Crippen MR) is 633 cm³/mol. The molecule has 9 nitrogen and oxygen atoms in total. The SMILES string of the molecule is c1ccc2c(-c3ccc(-c4nc(-n5c6ccccc6c6c7c8ccccc8sc7c7ccccc7c65)c5sc6ccccc6c5n4)cc3)cccc2c1.c1ccc2c(-c3nc(-n4c5ccccc5c5c6c7ccccc7sc6c6ccccc6c54)c4sc5ccccc5c4n3)cccc2c1.c1ccc2cc(-c3nc(-n4c5ccccc5c5c6c7ccccc7sc6c6ccccc6c54)c4sc5ccccc5c4n3)ccc2c1. The zero-order valence-corrected chi connectivity index (χ0v) is 83.0. The zero-order chi connectivity index (χ0) is 95.9. The van der Waals surface area contributed by atoms with E-state index in [1.54, 1.807) is 34.0 Å². The average molecular weight is 1980 g/mol. The van der Waals surface area contributed by atoms with Gasteiger partial charge in [0.15, 0.2) is 34.9 Å². The molecule has 12 heterocycles. The highest BCUT2D eigenvalue weighted by molar-refractivity contribution is 7.29. The predicted octanol–water partition coefficient (Wildman–Crippen LogP) is 38.5. The number of aromatic nitrogens is 9. The van der Waals surface area contributed by atoms with E-state index in [1.165, 1.54) is 194 Å². The molecular formula is C132H73N9S6. The molecule has 12 aromatic heterocycles. The third-order valence-corrected chi connectivity index (χ3v) is 37.0. The van der Waals surface area contributed by atoms with Crippen molar-refractivity contribution in [2.24, 2.45) is 0 Å². The molecule has 15 heteroatoms. The Morgan fingerprint density at radius 1 is 0.156 bits per heavy atom. The highest BCUT2D eigenvalue weighted by Crippen LogP contribution is 2.56. The largest absolute Gasteiger partial charge is 0.292 e. The van der Waals surface area contributed by atoms with Crippen LogP contribution in [-0.4, -0.2) is 43.6 Å². The molecule has 0 N–H and O–H groups in total. The van der Waals surface area contributed by atoms with Gasteiger partial charge in [0.25, 0.3) is 0 Å². The van der Waals surface area contributed by atoms with Crippen LogP contribution in [0.5, 0.6) is 0 Å². The van der Waals surface area contributed by atoms with Gasteiger partial charge in [-0.2, -0.15) is 0 Å². The van der Waals surface area contributed by atoms with Crippen LogP contribution in [0.1, 0.15) is 0 Å². The van der Waals surface area contributed by atoms with Crippen molar-refractivity contribution >= 4 is 319 Å². The first-order valence-corrected chi connectivity index (χ1v) is 54.3. The Morgan fingerprint density at radius 3 is 0.823 bits per heavy atom. The fraction of sp³-hybridized carbons (Fsp3) is 0. The zero-order valence-electron chi connectivity index (χ0n) is 78.1. The number of fused-ring (bicyclic) bond motifs is 42. The van der Waals surface area contributed by atoms with Gasteiger partial charge < -0.3 is 0 Å². The lowest BCUT2D eigenvalue weighted by Gasteiger charge is -2.13. The van der Waals surface area contributed by atoms with Crippen LogP contribution in [0.4, 0.5) is 0 Å². The Kier molecular flexibility index (Phi) is 18.3. The lowest BCUT2D eigenvalue weighted by atomic mass is 9.97. The molecule has 0 saturated heterocycles. The standard InChI is InChI=1S/C48H27N3S2.2C42H23N3S2/c1-2-14-31-28(12-1)13-11-20-32(31)29-24-26-30(27-25-29)47-49-43-37-19-7-10-23-40(37)53-46(43)48(50-47)51-38-21-8-5-17-35(38)41-42-36-18-6-9-22-39(36)52-45(42)34-16-4-3-15-33(34)44(41)51;1-2-14-25-24(12-1)13-11-20-28(25)41-43-37-31-19-7-10-23-34(31)47-40(37)42(44-41)45-32-21-8-5-17-29(32)35-36-30-18-6-9-22-33(30)46-39(36)27-16-4-3-15-26(27)38(35)45;1-2-12-25-23-26(22-21-24(25)11-1)41-43-37-31-17-7-10-20-34(31)47-40(37)42(44-41)45-32-18-8-5-15-29(32)35-36-30-16-6-9-19-33(30)46-39(36)28-14-4-3-13-27(28)38(35)45/h1-27H;2*1-23H. The maximum atomic E-state index is 5.56. The first-order chi connectivity index (χ1) is 72.9. The summed E-state index contributed by atoms with van der Waals surface area (Å²) in [6, 6.07) is 159. The Hall–Kier alpha value is -17.6. The van der Waals surface area contributed by atoms with Crippen molar-refractivity contribution in [1.29, 1.82) is 0 Å². The van der Waals surface area contributed by atoms with E-state index in [9.17, 15) is 0 Å². The second kappa shape index (κ2) is 32.4. The van der Waals surface area contributed by atoms with Gasteiger partial charge in [-0.3, -0.25) is 13.7 Å². The third kappa shape index (κ3) is 12.4. The lowest BCUT2D eigenvalue weighted by Crippen LogP contribution is -2.02. The normalized spacial score (nSPS) is 12.2. The molecular weight excluding hydrogens is 1900 g/mol. The van der Waals surface area contributed by atoms with Crippen molar-refractivity contribution < 1.29 is 0 Å². The molecule has 0 bridgehead atoms. The van der Waals surface area contributed by atoms with Crippen LogP contribution in [0, 0.1) is 0 Å². The summed E-state index contributed by atoms with van der Waals surface area (Å²) in [5, 5.41) is 33.6. The molecule has 682 valence electrons. The van der Waals surface area contributed by atoms with Crippen molar-refractivity contribution in [2.45, 2.75) is 0 Å². The van der Waals surface area contributed by atoms with Gasteiger partial charge in [-0.25, -0.2) is 29.9 Å². The van der Waals surface area contributed by atoms with Crippen LogP contribution < -0.4 is 0 Å². The van der Waals surface area contributed by atoms with Gasteiger partial charge in [0.1, 0.15) is 0 Å². The van der Waals surface area contributed by atoms with Gasteiger partial charge in [0.05, 0.1) is 63.8 Å². The van der Waals surface area contributed by atoms with Crippen molar-refractivity contribution in [1.82, 2.24) is 43.6 Å². The van der Waals surface area contributed by atoms with E-state index in [-0.39, 0.29) is 0 Å². The van der Waals surface area contributed by atoms with Crippen molar-refractivity contribution in [3.8, 4) is 62.7 Å². The fourth-order valence-corrected chi connectivity index (χ4v) is 30.7. The number of hydrogen-bond acceptors (Lipinski definition) is 12. The summed E-state index contributed by atoms with van der Waals surface area (Å²) in [6.45, 7) is 0. The number of nitrogens with zero attached hydrogens (tertiary/aromatic N) is 9. The Morgan fingerprint density at radius 2 is 0.422 bits per heavy atom. The van der Waals surface area contributed by atoms with Gasteiger partial charge in [-0.15, -0.1) is 68.0 Å². The molecule has 22 aromatic carbocycles. The van der Waals surface area contributed by atoms with Crippen LogP contribution >= 0.6 is 68.0 Å². The Bertz CT molecular complexity index is 11700. The van der Waals surface area contributed by atoms with E-state index in [1.807, 2.05) is 34.0 Å². The molecule has 0 aliphatic rings. The lowest BCUT2D eigenvalue weighted by molar-refractivity contribution is 1.08. The summed E-state index contributed by atoms with van der Waals surface area (Å²) in [5.41, 5.74) is 15.4. The van der Waals surface area contributed by atoms with Crippen molar-refractivity contribution in [3.63, 3.8) is 0 Å². The highest BCUT2D eigenvalue weighted by atomic mass is 32.1. The summed E-state index contributed by atoms with van der Waals surface area (Å²) < 4.78 is 22.1. The van der Waals surface area contributed by atoms with E-state index in [0.29, 0.717) is 0 Å². The van der Waals surface area contributed by atoms with E-state index in [2.05, 4.69) is 457 Å². The smallest absolute Gasteiger partial charge is 0.162 e. The summed E-state index contributed by atoms with van der Waals surface area (Å²) in [4.78, 5) is 32.6. The van der Waals surface area contributed by atoms with Crippen LogP contribution in [0.15, 0.2) is 443 Å². The summed E-state index contributed by atoms with van der Waals surface area (Å²) in [6.07, 6.45) is 0. The minimum atomic E-state index is 0.720. The first kappa shape index (κ1) is 82.9. The van der Waals surface area contributed by atoms with Crippen LogP contribution in [0.3, 0.4) is 0 Å². The summed E-state index contributed by atoms with van der Waals surface area (Å²) >= 11 is 11.0. The van der Waals surface area contributed by atoms with Crippen LogP contribution in [0.2, 0.25) is 0 Å². The molecule has 0 fully saturated rings. The van der Waals surface area contributed by atoms with Gasteiger partial charge in [0, 0.05) is 172 Å². The molecule has 147 heavy (non-hydrogen) atoms. The number of para-hydroxylation sites is 3. The minimum Gasteiger partial charge on any atom is -0.292 e. The number of thiophene rings is 6. The maximum absolute atomic E-state index is 5.56. The maximum Gasteiger partial charge on any atom is 0.162 e. The van der Waals surface area contributed by atoms with E-state index in [0.717, 1.165) is 120 Å². The third-order valence-electron chi connectivity index (χ3n) is 30.0. The summed E-state index contributed by atoms with van der Waals surface area (Å²) in [7, 11) is 0. The number of benzene rings is 22. The van der Waals surface area contributed by atoms with E-state index < -0.39 is 0 Å². The molecule has 0 aliphatic carbocycles. The second-order valence-corrected chi connectivity index (χ2v) is 44.2. The molecule has 0 spiro atoms. The number of rotatable bonds is 7. The van der Waals surface area contributed by atoms with Crippen molar-refractivity contribution in [3.05, 3.63) is 443 Å². The average Bonchev–Trinajstić information content (AvgIpc) is 1.54. The monoisotopic (exact) mass is 1980 g/mol. The van der Waals surface area contributed by atoms with Gasteiger partial charge in [-0.1, -0.05) is 382 Å². The molecule has 0 unspecified atom stereocenters. The van der Waals surface area contributed by atoms with Crippen LogP contribution in [0.25, 0.3) is 314 Å². The van der Waals surface area contributed by atoms with Crippen LogP contribution in [-0.2, 0) is 0 Å². The Balaban J connectivity index is 0.0000000982. The fourth-order valence-electron chi connectivity index (χ4n) is 23.6. The number of hydrogen-bond donors (Lipinski definition) is 0. The second-order valence-electron chi connectivity index (χ2n) is 37.9. The van der Waals surface area contributed by atoms with Gasteiger partial charge in [-0.05, 0) is 104 Å². The Labute approximate surface area is 861 Å². The molecule has 34 rings (SSSR count). The minimum absolute atomic E-state index is 0.720. The highest BCUT2D eigenvalue weighted by Gasteiger charge is 2.32. The summed E-state index contributed by atoms with van der Waals surface area (Å²) in [5.74, 6) is 4.96. The first-order valence-electron chi connectivity index (χ1n) is 49.4. The van der Waals surface area contributed by atoms with Crippen molar-refractivity contribution in [2.75, 3.05) is 0 Å². The topological polar surface area (TPSA) is 92.1 Å². The molecule has 0 atom stereocenters. The van der Waals surface area contributed by atoms with E-state index in [4.69, 9.17) is 29.9 Å². The molecule has 0 amide bonds.